The van der Waals surface area contributed by atoms with Gasteiger partial charge in [0.15, 0.2) is 5.82 Å². The lowest BCUT2D eigenvalue weighted by Crippen LogP contribution is -2.23. The third-order valence-corrected chi connectivity index (χ3v) is 6.08. The van der Waals surface area contributed by atoms with Crippen LogP contribution in [-0.4, -0.2) is 21.4 Å². The van der Waals surface area contributed by atoms with Gasteiger partial charge < -0.3 is 20.5 Å². The Morgan fingerprint density at radius 1 is 1.05 bits per heavy atom. The number of amides is 2. The van der Waals surface area contributed by atoms with E-state index in [0.29, 0.717) is 11.2 Å². The van der Waals surface area contributed by atoms with Crippen LogP contribution in [0, 0.1) is 17.5 Å². The van der Waals surface area contributed by atoms with Crippen LogP contribution < -0.4 is 16.0 Å². The summed E-state index contributed by atoms with van der Waals surface area (Å²) in [5.41, 5.74) is 0.556. The molecule has 0 fully saturated rings. The Morgan fingerprint density at radius 2 is 1.76 bits per heavy atom. The number of rotatable bonds is 7. The van der Waals surface area contributed by atoms with Crippen LogP contribution in [0.1, 0.15) is 22.8 Å². The highest BCUT2D eigenvalue weighted by Crippen LogP contribution is 2.29. The zero-order valence-electron chi connectivity index (χ0n) is 19.8. The van der Waals surface area contributed by atoms with Crippen LogP contribution >= 0.6 is 15.9 Å². The lowest BCUT2D eigenvalue weighted by Gasteiger charge is -2.12. The molecule has 2 amide bonds. The summed E-state index contributed by atoms with van der Waals surface area (Å²) in [6.07, 6.45) is 0. The summed E-state index contributed by atoms with van der Waals surface area (Å²) >= 11 is 3.30. The van der Waals surface area contributed by atoms with E-state index in [1.807, 2.05) is 0 Å². The number of aromatic nitrogens is 2. The van der Waals surface area contributed by atoms with Crippen LogP contribution in [0.25, 0.3) is 11.0 Å². The minimum Gasteiger partial charge on any atom is -0.348 e. The van der Waals surface area contributed by atoms with Crippen LogP contribution in [0.3, 0.4) is 0 Å². The van der Waals surface area contributed by atoms with E-state index in [0.717, 1.165) is 16.6 Å². The molecule has 0 saturated carbocycles. The van der Waals surface area contributed by atoms with Crippen molar-refractivity contribution in [3.8, 4) is 0 Å². The largest absolute Gasteiger partial charge is 0.348 e. The number of hydrogen-bond acceptors (Lipinski definition) is 4. The maximum atomic E-state index is 15.1. The molecule has 1 heterocycles. The lowest BCUT2D eigenvalue weighted by molar-refractivity contribution is -0.117. The van der Waals surface area contributed by atoms with Gasteiger partial charge in [0.1, 0.15) is 17.3 Å². The van der Waals surface area contributed by atoms with Gasteiger partial charge >= 0.3 is 0 Å². The molecule has 0 atom stereocenters. The highest BCUT2D eigenvalue weighted by atomic mass is 79.9. The molecule has 0 aliphatic carbocycles. The van der Waals surface area contributed by atoms with Gasteiger partial charge in [-0.25, -0.2) is 18.2 Å². The summed E-state index contributed by atoms with van der Waals surface area (Å²) in [5.74, 6) is -3.72. The molecular formula is C26H21BrF3N5O2. The number of hydrogen-bond donors (Lipinski definition) is 3. The predicted octanol–water partition coefficient (Wildman–Crippen LogP) is 5.94. The van der Waals surface area contributed by atoms with Crippen molar-refractivity contribution in [3.05, 3.63) is 93.7 Å². The van der Waals surface area contributed by atoms with Crippen molar-refractivity contribution < 1.29 is 22.8 Å². The van der Waals surface area contributed by atoms with E-state index in [9.17, 15) is 18.4 Å². The van der Waals surface area contributed by atoms with Crippen LogP contribution in [0.15, 0.2) is 65.2 Å². The van der Waals surface area contributed by atoms with E-state index in [4.69, 9.17) is 0 Å². The van der Waals surface area contributed by atoms with E-state index < -0.39 is 35.0 Å². The number of carbonyl (C=O) groups excluding carboxylic acids is 2. The maximum Gasteiger partial charge on any atom is 0.258 e. The zero-order chi connectivity index (χ0) is 26.9. The normalized spacial score (nSPS) is 10.9. The Kier molecular flexibility index (Phi) is 7.35. The predicted molar refractivity (Wildman–Crippen MR) is 139 cm³/mol. The smallest absolute Gasteiger partial charge is 0.258 e. The van der Waals surface area contributed by atoms with Gasteiger partial charge in [-0.3, -0.25) is 9.59 Å². The van der Waals surface area contributed by atoms with Crippen LogP contribution in [-0.2, 0) is 18.4 Å². The second-order valence-corrected chi connectivity index (χ2v) is 9.18. The summed E-state index contributed by atoms with van der Waals surface area (Å²) in [4.78, 5) is 28.7. The fourth-order valence-electron chi connectivity index (χ4n) is 3.52. The van der Waals surface area contributed by atoms with Gasteiger partial charge in [0.2, 0.25) is 11.9 Å². The van der Waals surface area contributed by atoms with Crippen LogP contribution in [0.5, 0.6) is 0 Å². The molecule has 3 aromatic carbocycles. The summed E-state index contributed by atoms with van der Waals surface area (Å²) < 4.78 is 46.7. The number of benzene rings is 3. The molecule has 0 saturated heterocycles. The second-order valence-electron chi connectivity index (χ2n) is 8.26. The van der Waals surface area contributed by atoms with Gasteiger partial charge in [-0.1, -0.05) is 28.6 Å². The molecule has 190 valence electrons. The topological polar surface area (TPSA) is 88.1 Å². The van der Waals surface area contributed by atoms with Gasteiger partial charge in [0.25, 0.3) is 5.91 Å². The Balaban J connectivity index is 1.62. The molecule has 0 spiro atoms. The van der Waals surface area contributed by atoms with Gasteiger partial charge in [0, 0.05) is 41.0 Å². The average molecular weight is 572 g/mol. The number of nitrogens with one attached hydrogen (secondary N) is 3. The summed E-state index contributed by atoms with van der Waals surface area (Å²) in [7, 11) is 1.53. The van der Waals surface area contributed by atoms with Crippen molar-refractivity contribution in [2.24, 2.45) is 7.05 Å². The quantitative estimate of drug-likeness (QED) is 0.239. The highest BCUT2D eigenvalue weighted by Gasteiger charge is 2.20. The van der Waals surface area contributed by atoms with E-state index in [2.05, 4.69) is 43.4 Å². The maximum absolute atomic E-state index is 15.1. The Hall–Kier alpha value is -4.12. The summed E-state index contributed by atoms with van der Waals surface area (Å²) in [6.45, 7) is 4.84. The molecular weight excluding hydrogens is 551 g/mol. The molecule has 0 aliphatic rings. The van der Waals surface area contributed by atoms with Crippen molar-refractivity contribution in [1.29, 1.82) is 0 Å². The lowest BCUT2D eigenvalue weighted by atomic mass is 10.1. The molecule has 3 N–H and O–H groups in total. The van der Waals surface area contributed by atoms with Gasteiger partial charge in [-0.15, -0.1) is 0 Å². The van der Waals surface area contributed by atoms with E-state index in [1.54, 1.807) is 24.3 Å². The fourth-order valence-corrected chi connectivity index (χ4v) is 3.78. The summed E-state index contributed by atoms with van der Waals surface area (Å²) in [5, 5.41) is 7.72. The van der Waals surface area contributed by atoms with Crippen LogP contribution in [0.4, 0.5) is 30.5 Å². The standard InChI is InChI=1S/C26H21BrF3N5O2/c1-13(2)24(36)31-12-14-4-9-18(28)23(22(14)30)34-26-33-20-10-17(19(29)11-21(20)35(26)3)25(37)32-16-7-5-15(27)6-8-16/h4-11H,1,12H2,2-3H3,(H,31,36)(H,32,37)(H,33,34). The molecule has 4 aromatic rings. The van der Waals surface area contributed by atoms with Crippen molar-refractivity contribution in [1.82, 2.24) is 14.9 Å². The van der Waals surface area contributed by atoms with E-state index >= 15 is 4.39 Å². The third kappa shape index (κ3) is 5.51. The van der Waals surface area contributed by atoms with Gasteiger partial charge in [-0.05, 0) is 43.3 Å². The molecule has 11 heteroatoms. The van der Waals surface area contributed by atoms with Crippen molar-refractivity contribution >= 4 is 56.1 Å². The van der Waals surface area contributed by atoms with Crippen molar-refractivity contribution in [3.63, 3.8) is 0 Å². The zero-order valence-corrected chi connectivity index (χ0v) is 21.3. The van der Waals surface area contributed by atoms with Gasteiger partial charge in [-0.2, -0.15) is 0 Å². The first kappa shape index (κ1) is 26.0. The monoisotopic (exact) mass is 571 g/mol. The SMILES string of the molecule is C=C(C)C(=O)NCc1ccc(F)c(Nc2nc3cc(C(=O)Nc4ccc(Br)cc4)c(F)cc3n2C)c1F. The Morgan fingerprint density at radius 3 is 2.43 bits per heavy atom. The van der Waals surface area contributed by atoms with Crippen molar-refractivity contribution in [2.45, 2.75) is 13.5 Å². The second kappa shape index (κ2) is 10.5. The average Bonchev–Trinajstić information content (AvgIpc) is 3.16. The minimum atomic E-state index is -0.921. The highest BCUT2D eigenvalue weighted by molar-refractivity contribution is 9.10. The molecule has 0 unspecified atom stereocenters. The fraction of sp³-hybridized carbons (Fsp3) is 0.115. The first-order chi connectivity index (χ1) is 17.5. The van der Waals surface area contributed by atoms with Crippen LogP contribution in [0.2, 0.25) is 0 Å². The third-order valence-electron chi connectivity index (χ3n) is 5.55. The van der Waals surface area contributed by atoms with Gasteiger partial charge in [0.05, 0.1) is 16.6 Å². The minimum absolute atomic E-state index is 0.0146. The first-order valence-corrected chi connectivity index (χ1v) is 11.7. The molecule has 0 bridgehead atoms. The number of anilines is 3. The Labute approximate surface area is 218 Å². The molecule has 0 radical (unpaired) electrons. The number of nitrogens with zero attached hydrogens (tertiary/aromatic N) is 2. The number of imidazole rings is 1. The van der Waals surface area contributed by atoms with E-state index in [1.165, 1.54) is 30.7 Å². The molecule has 0 aliphatic heterocycles. The molecule has 4 rings (SSSR count). The number of halogens is 4. The molecule has 1 aromatic heterocycles. The van der Waals surface area contributed by atoms with E-state index in [-0.39, 0.29) is 34.7 Å². The van der Waals surface area contributed by atoms with Crippen molar-refractivity contribution in [2.75, 3.05) is 10.6 Å². The Bertz CT molecular complexity index is 1550. The number of carbonyl (C=O) groups is 2. The molecule has 37 heavy (non-hydrogen) atoms. The summed E-state index contributed by atoms with van der Waals surface area (Å²) in [6, 6.07) is 11.4. The number of fused-ring (bicyclic) bond motifs is 1. The number of aryl methyl sites for hydroxylation is 1. The molecule has 7 nitrogen and oxygen atoms in total. The first-order valence-electron chi connectivity index (χ1n) is 11.0.